The van der Waals surface area contributed by atoms with Crippen LogP contribution in [0.4, 0.5) is 0 Å². The Bertz CT molecular complexity index is 603. The summed E-state index contributed by atoms with van der Waals surface area (Å²) in [5.41, 5.74) is 1.10. The quantitative estimate of drug-likeness (QED) is 0.864. The first-order chi connectivity index (χ1) is 11.4. The molecule has 4 nitrogen and oxygen atoms in total. The average molecular weight is 350 g/mol. The molecular weight excluding hydrogens is 326 g/mol. The lowest BCUT2D eigenvalue weighted by Gasteiger charge is -2.32. The van der Waals surface area contributed by atoms with Crippen molar-refractivity contribution in [2.24, 2.45) is 0 Å². The first kappa shape index (κ1) is 18.6. The third-order valence-electron chi connectivity index (χ3n) is 3.83. The summed E-state index contributed by atoms with van der Waals surface area (Å²) >= 11 is 0. The summed E-state index contributed by atoms with van der Waals surface area (Å²) in [7, 11) is 0. The van der Waals surface area contributed by atoms with Crippen LogP contribution < -0.4 is 14.8 Å². The standard InChI is InChI=1S/C19H23NO3.ClH/c1-2-21-16-10-6-7-11-17(16)23-19(15-8-4-3-5-9-15)18-14-20-12-13-22-18;/h3-11,18-20H,2,12-14H2,1H3;1H/t18-,19-;/m1./s1. The summed E-state index contributed by atoms with van der Waals surface area (Å²) in [6.45, 7) is 4.94. The summed E-state index contributed by atoms with van der Waals surface area (Å²) in [5.74, 6) is 1.51. The van der Waals surface area contributed by atoms with Gasteiger partial charge in [0, 0.05) is 13.1 Å². The van der Waals surface area contributed by atoms with Gasteiger partial charge in [-0.2, -0.15) is 0 Å². The molecule has 24 heavy (non-hydrogen) atoms. The minimum absolute atomic E-state index is 0. The molecule has 1 aliphatic rings. The van der Waals surface area contributed by atoms with E-state index < -0.39 is 0 Å². The van der Waals surface area contributed by atoms with Gasteiger partial charge in [-0.1, -0.05) is 42.5 Å². The molecule has 0 spiro atoms. The molecule has 1 fully saturated rings. The Morgan fingerprint density at radius 2 is 1.79 bits per heavy atom. The van der Waals surface area contributed by atoms with Crippen molar-refractivity contribution in [3.63, 3.8) is 0 Å². The van der Waals surface area contributed by atoms with Crippen LogP contribution in [0, 0.1) is 0 Å². The fraction of sp³-hybridized carbons (Fsp3) is 0.368. The molecule has 0 bridgehead atoms. The minimum atomic E-state index is -0.175. The van der Waals surface area contributed by atoms with E-state index in [1.807, 2.05) is 49.4 Å². The fourth-order valence-electron chi connectivity index (χ4n) is 2.74. The molecule has 2 atom stereocenters. The molecule has 3 rings (SSSR count). The van der Waals surface area contributed by atoms with Crippen molar-refractivity contribution in [3.8, 4) is 11.5 Å². The van der Waals surface area contributed by atoms with Gasteiger partial charge in [-0.15, -0.1) is 12.4 Å². The highest BCUT2D eigenvalue weighted by Crippen LogP contribution is 2.33. The molecule has 0 unspecified atom stereocenters. The van der Waals surface area contributed by atoms with Crippen molar-refractivity contribution >= 4 is 12.4 Å². The normalized spacial score (nSPS) is 18.3. The van der Waals surface area contributed by atoms with Crippen molar-refractivity contribution < 1.29 is 14.2 Å². The van der Waals surface area contributed by atoms with E-state index in [9.17, 15) is 0 Å². The molecule has 1 aliphatic heterocycles. The Morgan fingerprint density at radius 1 is 1.08 bits per heavy atom. The van der Waals surface area contributed by atoms with E-state index in [1.54, 1.807) is 0 Å². The monoisotopic (exact) mass is 349 g/mol. The predicted molar refractivity (Wildman–Crippen MR) is 97.3 cm³/mol. The number of hydrogen-bond acceptors (Lipinski definition) is 4. The third kappa shape index (κ3) is 4.63. The van der Waals surface area contributed by atoms with Crippen molar-refractivity contribution in [2.45, 2.75) is 19.1 Å². The summed E-state index contributed by atoms with van der Waals surface area (Å²) in [6.07, 6.45) is -0.202. The Labute approximate surface area is 149 Å². The van der Waals surface area contributed by atoms with Crippen LogP contribution in [0.15, 0.2) is 54.6 Å². The molecule has 0 saturated carbocycles. The number of halogens is 1. The molecule has 0 aliphatic carbocycles. The van der Waals surface area contributed by atoms with E-state index in [1.165, 1.54) is 0 Å². The lowest BCUT2D eigenvalue weighted by Crippen LogP contribution is -2.43. The molecule has 5 heteroatoms. The molecule has 1 heterocycles. The van der Waals surface area contributed by atoms with Crippen LogP contribution in [-0.4, -0.2) is 32.4 Å². The molecule has 0 amide bonds. The number of rotatable bonds is 6. The Kier molecular flexibility index (Phi) is 7.37. The molecule has 2 aromatic rings. The molecule has 0 radical (unpaired) electrons. The fourth-order valence-corrected chi connectivity index (χ4v) is 2.74. The maximum absolute atomic E-state index is 6.33. The largest absolute Gasteiger partial charge is 0.490 e. The number of nitrogens with one attached hydrogen (secondary N) is 1. The lowest BCUT2D eigenvalue weighted by atomic mass is 10.0. The van der Waals surface area contributed by atoms with E-state index in [4.69, 9.17) is 14.2 Å². The zero-order valence-electron chi connectivity index (χ0n) is 13.8. The van der Waals surface area contributed by atoms with Crippen LogP contribution in [0.2, 0.25) is 0 Å². The van der Waals surface area contributed by atoms with Gasteiger partial charge in [-0.25, -0.2) is 0 Å². The van der Waals surface area contributed by atoms with E-state index in [0.717, 1.165) is 30.2 Å². The summed E-state index contributed by atoms with van der Waals surface area (Å²) in [4.78, 5) is 0. The predicted octanol–water partition coefficient (Wildman–Crippen LogP) is 3.62. The molecule has 2 aromatic carbocycles. The van der Waals surface area contributed by atoms with Gasteiger partial charge in [-0.05, 0) is 24.6 Å². The van der Waals surface area contributed by atoms with Gasteiger partial charge in [0.05, 0.1) is 13.2 Å². The van der Waals surface area contributed by atoms with E-state index >= 15 is 0 Å². The van der Waals surface area contributed by atoms with Gasteiger partial charge >= 0.3 is 0 Å². The van der Waals surface area contributed by atoms with Gasteiger partial charge in [0.1, 0.15) is 6.10 Å². The Balaban J connectivity index is 0.00000208. The molecule has 0 aromatic heterocycles. The maximum Gasteiger partial charge on any atom is 0.162 e. The highest BCUT2D eigenvalue weighted by atomic mass is 35.5. The van der Waals surface area contributed by atoms with E-state index in [-0.39, 0.29) is 24.6 Å². The van der Waals surface area contributed by atoms with Crippen LogP contribution >= 0.6 is 12.4 Å². The number of hydrogen-bond donors (Lipinski definition) is 1. The Hall–Kier alpha value is -1.75. The summed E-state index contributed by atoms with van der Waals surface area (Å²) in [6, 6.07) is 18.0. The highest BCUT2D eigenvalue weighted by Gasteiger charge is 2.28. The Morgan fingerprint density at radius 3 is 2.46 bits per heavy atom. The zero-order valence-corrected chi connectivity index (χ0v) is 14.6. The van der Waals surface area contributed by atoms with Crippen LogP contribution in [-0.2, 0) is 4.74 Å². The number of ether oxygens (including phenoxy) is 3. The van der Waals surface area contributed by atoms with Crippen LogP contribution in [0.5, 0.6) is 11.5 Å². The average Bonchev–Trinajstić information content (AvgIpc) is 2.63. The maximum atomic E-state index is 6.33. The van der Waals surface area contributed by atoms with Crippen LogP contribution in [0.3, 0.4) is 0 Å². The van der Waals surface area contributed by atoms with E-state index in [2.05, 4.69) is 17.4 Å². The van der Waals surface area contributed by atoms with Crippen LogP contribution in [0.25, 0.3) is 0 Å². The molecule has 1 N–H and O–H groups in total. The van der Waals surface area contributed by atoms with Gasteiger partial charge in [-0.3, -0.25) is 0 Å². The van der Waals surface area contributed by atoms with Gasteiger partial charge in [0.15, 0.2) is 17.6 Å². The SMILES string of the molecule is CCOc1ccccc1O[C@H](c1ccccc1)[C@H]1CNCCO1.Cl. The second-order valence-electron chi connectivity index (χ2n) is 5.44. The summed E-state index contributed by atoms with van der Waals surface area (Å²) < 4.78 is 18.0. The highest BCUT2D eigenvalue weighted by molar-refractivity contribution is 5.85. The first-order valence-corrected chi connectivity index (χ1v) is 8.14. The number of para-hydroxylation sites is 2. The van der Waals surface area contributed by atoms with E-state index in [0.29, 0.717) is 13.2 Å². The second-order valence-corrected chi connectivity index (χ2v) is 5.44. The van der Waals surface area contributed by atoms with Gasteiger partial charge < -0.3 is 19.5 Å². The number of morpholine rings is 1. The third-order valence-corrected chi connectivity index (χ3v) is 3.83. The van der Waals surface area contributed by atoms with Gasteiger partial charge in [0.25, 0.3) is 0 Å². The topological polar surface area (TPSA) is 39.7 Å². The van der Waals surface area contributed by atoms with Crippen LogP contribution in [0.1, 0.15) is 18.6 Å². The van der Waals surface area contributed by atoms with Crippen molar-refractivity contribution in [1.29, 1.82) is 0 Å². The number of benzene rings is 2. The second kappa shape index (κ2) is 9.52. The lowest BCUT2D eigenvalue weighted by molar-refractivity contribution is -0.0439. The minimum Gasteiger partial charge on any atom is -0.490 e. The molecule has 130 valence electrons. The van der Waals surface area contributed by atoms with Crippen molar-refractivity contribution in [2.75, 3.05) is 26.3 Å². The van der Waals surface area contributed by atoms with Gasteiger partial charge in [0.2, 0.25) is 0 Å². The van der Waals surface area contributed by atoms with Crippen molar-refractivity contribution in [3.05, 3.63) is 60.2 Å². The molecular formula is C19H24ClNO3. The summed E-state index contributed by atoms with van der Waals surface area (Å²) in [5, 5.41) is 3.37. The molecule has 1 saturated heterocycles. The van der Waals surface area contributed by atoms with Crippen molar-refractivity contribution in [1.82, 2.24) is 5.32 Å². The smallest absolute Gasteiger partial charge is 0.162 e. The first-order valence-electron chi connectivity index (χ1n) is 8.14. The zero-order chi connectivity index (χ0) is 15.9.